The number of nitrogen functional groups attached to an aromatic ring is 1. The molecule has 0 spiro atoms. The Morgan fingerprint density at radius 3 is 2.48 bits per heavy atom. The largest absolute Gasteiger partial charge is 0.465 e. The molecule has 0 saturated carbocycles. The Bertz CT molecular complexity index is 613. The molecule has 2 N–H and O–H groups in total. The van der Waals surface area contributed by atoms with Gasteiger partial charge < -0.3 is 10.5 Å². The minimum absolute atomic E-state index is 0.0424. The molecule has 1 aromatic carbocycles. The van der Waals surface area contributed by atoms with Crippen LogP contribution < -0.4 is 5.73 Å². The summed E-state index contributed by atoms with van der Waals surface area (Å²) in [6.45, 7) is 5.82. The zero-order chi connectivity index (χ0) is 16.2. The lowest BCUT2D eigenvalue weighted by molar-refractivity contribution is 0.0596. The molecule has 7 heteroatoms. The van der Waals surface area contributed by atoms with Gasteiger partial charge in [0.15, 0.2) is 0 Å². The number of nitrogens with two attached hydrogens (primary N) is 1. The molecular weight excluding hydrogens is 292 g/mol. The van der Waals surface area contributed by atoms with E-state index < -0.39 is 16.0 Å². The highest BCUT2D eigenvalue weighted by molar-refractivity contribution is 7.89. The zero-order valence-electron chi connectivity index (χ0n) is 12.8. The number of sulfonamides is 1. The van der Waals surface area contributed by atoms with Gasteiger partial charge in [-0.15, -0.1) is 0 Å². The summed E-state index contributed by atoms with van der Waals surface area (Å²) in [6, 6.07) is 3.97. The minimum atomic E-state index is -3.79. The number of hydrogen-bond donors (Lipinski definition) is 1. The van der Waals surface area contributed by atoms with Gasteiger partial charge >= 0.3 is 5.97 Å². The lowest BCUT2D eigenvalue weighted by atomic mass is 10.2. The van der Waals surface area contributed by atoms with Crippen LogP contribution in [0.25, 0.3) is 0 Å². The van der Waals surface area contributed by atoms with Gasteiger partial charge in [-0.3, -0.25) is 0 Å². The Morgan fingerprint density at radius 2 is 2.00 bits per heavy atom. The summed E-state index contributed by atoms with van der Waals surface area (Å²) in [5, 5.41) is 0. The van der Waals surface area contributed by atoms with E-state index in [1.807, 2.05) is 13.8 Å². The molecule has 0 amide bonds. The quantitative estimate of drug-likeness (QED) is 0.639. The first-order chi connectivity index (χ1) is 9.79. The van der Waals surface area contributed by atoms with E-state index in [1.165, 1.54) is 29.6 Å². The molecule has 1 atom stereocenters. The molecule has 21 heavy (non-hydrogen) atoms. The van der Waals surface area contributed by atoms with Crippen LogP contribution >= 0.6 is 0 Å². The van der Waals surface area contributed by atoms with Crippen molar-refractivity contribution < 1.29 is 17.9 Å². The van der Waals surface area contributed by atoms with Gasteiger partial charge in [-0.25, -0.2) is 13.2 Å². The molecule has 0 heterocycles. The van der Waals surface area contributed by atoms with Crippen molar-refractivity contribution in [3.63, 3.8) is 0 Å². The molecule has 0 fully saturated rings. The fourth-order valence-corrected chi connectivity index (χ4v) is 3.97. The Labute approximate surface area is 125 Å². The van der Waals surface area contributed by atoms with E-state index in [2.05, 4.69) is 4.74 Å². The van der Waals surface area contributed by atoms with E-state index in [0.29, 0.717) is 18.7 Å². The number of rotatable bonds is 6. The SMILES string of the molecule is CCC(C)N(CC)S(=O)(=O)c1ccc(N)cc1C(=O)OC. The highest BCUT2D eigenvalue weighted by atomic mass is 32.2. The summed E-state index contributed by atoms with van der Waals surface area (Å²) in [5.41, 5.74) is 5.91. The highest BCUT2D eigenvalue weighted by Gasteiger charge is 2.31. The van der Waals surface area contributed by atoms with Crippen LogP contribution in [-0.4, -0.2) is 38.4 Å². The minimum Gasteiger partial charge on any atom is -0.465 e. The second-order valence-corrected chi connectivity index (χ2v) is 6.57. The summed E-state index contributed by atoms with van der Waals surface area (Å²) in [4.78, 5) is 11.7. The summed E-state index contributed by atoms with van der Waals surface area (Å²) < 4.78 is 31.6. The van der Waals surface area contributed by atoms with Gasteiger partial charge in [0, 0.05) is 18.3 Å². The van der Waals surface area contributed by atoms with E-state index in [9.17, 15) is 13.2 Å². The van der Waals surface area contributed by atoms with Crippen LogP contribution in [0.1, 0.15) is 37.6 Å². The smallest absolute Gasteiger partial charge is 0.339 e. The fourth-order valence-electron chi connectivity index (χ4n) is 2.09. The topological polar surface area (TPSA) is 89.7 Å². The lowest BCUT2D eigenvalue weighted by Crippen LogP contribution is -2.38. The summed E-state index contributed by atoms with van der Waals surface area (Å²) in [6.07, 6.45) is 0.676. The van der Waals surface area contributed by atoms with Crippen LogP contribution in [-0.2, 0) is 14.8 Å². The van der Waals surface area contributed by atoms with Crippen LogP contribution in [0.3, 0.4) is 0 Å². The van der Waals surface area contributed by atoms with E-state index >= 15 is 0 Å². The number of benzene rings is 1. The van der Waals surface area contributed by atoms with Gasteiger partial charge in [0.05, 0.1) is 17.6 Å². The number of hydrogen-bond acceptors (Lipinski definition) is 5. The molecule has 0 aliphatic carbocycles. The number of ether oxygens (including phenoxy) is 1. The van der Waals surface area contributed by atoms with Gasteiger partial charge in [-0.2, -0.15) is 4.31 Å². The van der Waals surface area contributed by atoms with Crippen LogP contribution in [0.4, 0.5) is 5.69 Å². The van der Waals surface area contributed by atoms with Crippen LogP contribution in [0.15, 0.2) is 23.1 Å². The van der Waals surface area contributed by atoms with Crippen molar-refractivity contribution >= 4 is 21.7 Å². The normalized spacial score (nSPS) is 13.2. The van der Waals surface area contributed by atoms with Gasteiger partial charge in [0.25, 0.3) is 0 Å². The molecule has 118 valence electrons. The average molecular weight is 314 g/mol. The Balaban J connectivity index is 3.47. The number of methoxy groups -OCH3 is 1. The molecule has 0 aromatic heterocycles. The molecule has 0 radical (unpaired) electrons. The predicted octanol–water partition coefficient (Wildman–Crippen LogP) is 1.86. The van der Waals surface area contributed by atoms with Crippen molar-refractivity contribution in [1.82, 2.24) is 4.31 Å². The van der Waals surface area contributed by atoms with Crippen LogP contribution in [0.5, 0.6) is 0 Å². The van der Waals surface area contributed by atoms with Crippen LogP contribution in [0.2, 0.25) is 0 Å². The lowest BCUT2D eigenvalue weighted by Gasteiger charge is -2.27. The van der Waals surface area contributed by atoms with Crippen molar-refractivity contribution in [3.05, 3.63) is 23.8 Å². The number of anilines is 1. The molecule has 0 saturated heterocycles. The maximum absolute atomic E-state index is 12.8. The van der Waals surface area contributed by atoms with Gasteiger partial charge in [-0.05, 0) is 31.5 Å². The fraction of sp³-hybridized carbons (Fsp3) is 0.500. The second kappa shape index (κ2) is 6.91. The van der Waals surface area contributed by atoms with Crippen molar-refractivity contribution in [3.8, 4) is 0 Å². The number of carbonyl (C=O) groups is 1. The molecule has 0 bridgehead atoms. The monoisotopic (exact) mass is 314 g/mol. The highest BCUT2D eigenvalue weighted by Crippen LogP contribution is 2.25. The average Bonchev–Trinajstić information content (AvgIpc) is 2.46. The molecule has 0 aliphatic rings. The molecular formula is C14H22N2O4S. The maximum atomic E-state index is 12.8. The summed E-state index contributed by atoms with van der Waals surface area (Å²) >= 11 is 0. The van der Waals surface area contributed by atoms with Gasteiger partial charge in [-0.1, -0.05) is 13.8 Å². The maximum Gasteiger partial charge on any atom is 0.339 e. The molecule has 6 nitrogen and oxygen atoms in total. The first-order valence-electron chi connectivity index (χ1n) is 6.79. The van der Waals surface area contributed by atoms with Crippen molar-refractivity contribution in [2.45, 2.75) is 38.1 Å². The number of nitrogens with zero attached hydrogens (tertiary/aromatic N) is 1. The van der Waals surface area contributed by atoms with Crippen LogP contribution in [0, 0.1) is 0 Å². The Hall–Kier alpha value is -1.60. The third kappa shape index (κ3) is 3.54. The van der Waals surface area contributed by atoms with E-state index in [-0.39, 0.29) is 16.5 Å². The van der Waals surface area contributed by atoms with E-state index in [1.54, 1.807) is 6.92 Å². The molecule has 1 unspecified atom stereocenters. The first-order valence-corrected chi connectivity index (χ1v) is 8.23. The predicted molar refractivity (Wildman–Crippen MR) is 81.5 cm³/mol. The Kier molecular flexibility index (Phi) is 5.74. The summed E-state index contributed by atoms with van der Waals surface area (Å²) in [5.74, 6) is -0.721. The van der Waals surface area contributed by atoms with E-state index in [4.69, 9.17) is 5.73 Å². The number of esters is 1. The van der Waals surface area contributed by atoms with Crippen molar-refractivity contribution in [1.29, 1.82) is 0 Å². The number of carbonyl (C=O) groups excluding carboxylic acids is 1. The second-order valence-electron chi connectivity index (χ2n) is 4.71. The zero-order valence-corrected chi connectivity index (χ0v) is 13.6. The third-order valence-corrected chi connectivity index (χ3v) is 5.54. The Morgan fingerprint density at radius 1 is 1.38 bits per heavy atom. The standard InChI is InChI=1S/C14H22N2O4S/c1-5-10(3)16(6-2)21(18,19)13-8-7-11(15)9-12(13)14(17)20-4/h7-10H,5-6,15H2,1-4H3. The van der Waals surface area contributed by atoms with Gasteiger partial charge in [0.2, 0.25) is 10.0 Å². The molecule has 0 aliphatic heterocycles. The van der Waals surface area contributed by atoms with E-state index in [0.717, 1.165) is 0 Å². The first kappa shape index (κ1) is 17.5. The third-order valence-electron chi connectivity index (χ3n) is 3.39. The van der Waals surface area contributed by atoms with Crippen molar-refractivity contribution in [2.24, 2.45) is 0 Å². The van der Waals surface area contributed by atoms with Gasteiger partial charge in [0.1, 0.15) is 0 Å². The summed E-state index contributed by atoms with van der Waals surface area (Å²) in [7, 11) is -2.59. The van der Waals surface area contributed by atoms with Crippen molar-refractivity contribution in [2.75, 3.05) is 19.4 Å². The molecule has 1 aromatic rings. The molecule has 1 rings (SSSR count).